The number of hydrogen-bond acceptors (Lipinski definition) is 6. The van der Waals surface area contributed by atoms with Crippen LogP contribution in [0.5, 0.6) is 23.1 Å². The summed E-state index contributed by atoms with van der Waals surface area (Å²) in [6.07, 6.45) is 1.22. The van der Waals surface area contributed by atoms with Crippen molar-refractivity contribution >= 4 is 50.1 Å². The van der Waals surface area contributed by atoms with Crippen LogP contribution in [-0.2, 0) is 9.84 Å². The molecule has 4 rings (SSSR count). The lowest BCUT2D eigenvalue weighted by atomic mass is 9.87. The molecule has 1 heterocycles. The summed E-state index contributed by atoms with van der Waals surface area (Å²) in [6, 6.07) is 6.71. The summed E-state index contributed by atoms with van der Waals surface area (Å²) in [6.45, 7) is 0. The zero-order chi connectivity index (χ0) is 22.3. The maximum absolute atomic E-state index is 12.7. The van der Waals surface area contributed by atoms with Gasteiger partial charge in [-0.05, 0) is 37.0 Å². The second-order valence-electron chi connectivity index (χ2n) is 7.27. The summed E-state index contributed by atoms with van der Waals surface area (Å²) in [5, 5.41) is 19.4. The van der Waals surface area contributed by atoms with E-state index < -0.39 is 16.0 Å². The van der Waals surface area contributed by atoms with Gasteiger partial charge < -0.3 is 24.7 Å². The maximum atomic E-state index is 12.7. The van der Waals surface area contributed by atoms with Gasteiger partial charge in [-0.3, -0.25) is 0 Å². The average Bonchev–Trinajstić information content (AvgIpc) is 3.04. The van der Waals surface area contributed by atoms with Gasteiger partial charge in [-0.25, -0.2) is 13.2 Å². The van der Waals surface area contributed by atoms with Crippen LogP contribution >= 0.6 is 23.2 Å². The van der Waals surface area contributed by atoms with E-state index in [9.17, 15) is 18.3 Å². The first-order valence-corrected chi connectivity index (χ1v) is 11.7. The molecule has 3 aromatic rings. The minimum atomic E-state index is -3.70. The second kappa shape index (κ2) is 8.14. The third kappa shape index (κ3) is 4.39. The maximum Gasteiger partial charge on any atom is 0.512 e. The molecule has 1 saturated carbocycles. The van der Waals surface area contributed by atoms with Gasteiger partial charge in [-0.15, -0.1) is 0 Å². The first-order valence-electron chi connectivity index (χ1n) is 9.29. The Labute approximate surface area is 187 Å². The molecule has 11 heteroatoms. The second-order valence-corrected chi connectivity index (χ2v) is 10.1. The predicted octanol–water partition coefficient (Wildman–Crippen LogP) is 5.60. The number of rotatable bonds is 6. The van der Waals surface area contributed by atoms with Crippen molar-refractivity contribution in [3.05, 3.63) is 40.4 Å². The fourth-order valence-electron chi connectivity index (χ4n) is 3.39. The molecule has 0 atom stereocenters. The van der Waals surface area contributed by atoms with Gasteiger partial charge in [0.15, 0.2) is 15.6 Å². The number of aromatic hydroxyl groups is 1. The smallest absolute Gasteiger partial charge is 0.507 e. The van der Waals surface area contributed by atoms with Crippen LogP contribution in [0, 0.1) is 5.92 Å². The highest BCUT2D eigenvalue weighted by molar-refractivity contribution is 7.91. The standard InChI is InChI=1S/C20H17Cl2NO7S/c21-13-8-14-12(7-17(23-14)30-20(25)26)18(22)19(13)29-11-4-5-15(24)16(6-11)31(27,28)9-10-2-1-3-10/h4-8,10,23-24H,1-3,9H2,(H,25,26). The van der Waals surface area contributed by atoms with Crippen molar-refractivity contribution in [2.45, 2.75) is 24.2 Å². The van der Waals surface area contributed by atoms with Crippen LogP contribution in [0.2, 0.25) is 10.0 Å². The molecule has 0 amide bonds. The molecule has 8 nitrogen and oxygen atoms in total. The number of phenolic OH excluding ortho intramolecular Hbond substituents is 1. The van der Waals surface area contributed by atoms with Gasteiger partial charge in [0.2, 0.25) is 5.88 Å². The van der Waals surface area contributed by atoms with Crippen LogP contribution in [0.15, 0.2) is 35.2 Å². The van der Waals surface area contributed by atoms with Gasteiger partial charge in [0.1, 0.15) is 16.4 Å². The molecule has 0 saturated heterocycles. The Hall–Kier alpha value is -2.62. The topological polar surface area (TPSA) is 126 Å². The van der Waals surface area contributed by atoms with Crippen molar-refractivity contribution in [3.63, 3.8) is 0 Å². The Kier molecular flexibility index (Phi) is 5.67. The number of H-pyrrole nitrogens is 1. The third-order valence-corrected chi connectivity index (χ3v) is 7.67. The van der Waals surface area contributed by atoms with Crippen molar-refractivity contribution in [3.8, 4) is 23.1 Å². The molecule has 0 unspecified atom stereocenters. The molecular formula is C20H17Cl2NO7S. The molecule has 164 valence electrons. The Morgan fingerprint density at radius 3 is 2.58 bits per heavy atom. The quantitative estimate of drug-likeness (QED) is 0.387. The summed E-state index contributed by atoms with van der Waals surface area (Å²) in [5.74, 6) is -0.189. The van der Waals surface area contributed by atoms with Crippen molar-refractivity contribution in [2.75, 3.05) is 5.75 Å². The third-order valence-electron chi connectivity index (χ3n) is 5.11. The zero-order valence-electron chi connectivity index (χ0n) is 15.9. The van der Waals surface area contributed by atoms with E-state index in [2.05, 4.69) is 9.72 Å². The number of phenols is 1. The number of aromatic nitrogens is 1. The van der Waals surface area contributed by atoms with Crippen molar-refractivity contribution in [1.29, 1.82) is 0 Å². The fraction of sp³-hybridized carbons (Fsp3) is 0.250. The summed E-state index contributed by atoms with van der Waals surface area (Å²) in [4.78, 5) is 13.2. The summed E-state index contributed by atoms with van der Waals surface area (Å²) < 4.78 is 35.8. The van der Waals surface area contributed by atoms with Crippen molar-refractivity contribution in [2.24, 2.45) is 5.92 Å². The SMILES string of the molecule is O=C(O)Oc1cc2c(Cl)c(Oc3ccc(O)c(S(=O)(=O)CC4CCC4)c3)c(Cl)cc2[nH]1. The van der Waals surface area contributed by atoms with Gasteiger partial charge >= 0.3 is 6.16 Å². The Bertz CT molecular complexity index is 1280. The number of carbonyl (C=O) groups is 1. The summed E-state index contributed by atoms with van der Waals surface area (Å²) in [5.41, 5.74) is 0.424. The Morgan fingerprint density at radius 1 is 1.19 bits per heavy atom. The summed E-state index contributed by atoms with van der Waals surface area (Å²) in [7, 11) is -3.70. The first-order chi connectivity index (χ1) is 14.6. The summed E-state index contributed by atoms with van der Waals surface area (Å²) >= 11 is 12.7. The number of nitrogens with one attached hydrogen (secondary N) is 1. The molecule has 1 aliphatic rings. The van der Waals surface area contributed by atoms with Gasteiger partial charge in [-0.1, -0.05) is 29.6 Å². The van der Waals surface area contributed by atoms with Gasteiger partial charge in [0, 0.05) is 17.5 Å². The number of sulfone groups is 1. The molecule has 1 fully saturated rings. The molecule has 2 aromatic carbocycles. The van der Waals surface area contributed by atoms with E-state index in [0.717, 1.165) is 19.3 Å². The monoisotopic (exact) mass is 485 g/mol. The van der Waals surface area contributed by atoms with Crippen LogP contribution < -0.4 is 9.47 Å². The van der Waals surface area contributed by atoms with E-state index in [1.54, 1.807) is 0 Å². The van der Waals surface area contributed by atoms with Gasteiger partial charge in [-0.2, -0.15) is 0 Å². The number of fused-ring (bicyclic) bond motifs is 1. The first kappa shape index (κ1) is 21.6. The van der Waals surface area contributed by atoms with E-state index in [1.165, 1.54) is 30.3 Å². The number of carboxylic acid groups (broad SMARTS) is 1. The van der Waals surface area contributed by atoms with Crippen molar-refractivity contribution < 1.29 is 32.9 Å². The number of benzene rings is 2. The minimum Gasteiger partial charge on any atom is -0.507 e. The molecular weight excluding hydrogens is 469 g/mol. The lowest BCUT2D eigenvalue weighted by Gasteiger charge is -2.25. The van der Waals surface area contributed by atoms with Crippen LogP contribution in [0.3, 0.4) is 0 Å². The number of aromatic amines is 1. The van der Waals surface area contributed by atoms with Crippen LogP contribution in [0.25, 0.3) is 10.9 Å². The van der Waals surface area contributed by atoms with Gasteiger partial charge in [0.05, 0.1) is 21.3 Å². The highest BCUT2D eigenvalue weighted by Gasteiger charge is 2.28. The fourth-order valence-corrected chi connectivity index (χ4v) is 5.79. The molecule has 0 aliphatic heterocycles. The predicted molar refractivity (Wildman–Crippen MR) is 115 cm³/mol. The van der Waals surface area contributed by atoms with E-state index in [4.69, 9.17) is 33.0 Å². The zero-order valence-corrected chi connectivity index (χ0v) is 18.2. The minimum absolute atomic E-state index is 0.0345. The number of ether oxygens (including phenoxy) is 2. The van der Waals surface area contributed by atoms with Crippen molar-refractivity contribution in [1.82, 2.24) is 4.98 Å². The lowest BCUT2D eigenvalue weighted by Crippen LogP contribution is -2.22. The molecule has 0 radical (unpaired) electrons. The number of halogens is 2. The van der Waals surface area contributed by atoms with Gasteiger partial charge in [0.25, 0.3) is 0 Å². The molecule has 31 heavy (non-hydrogen) atoms. The molecule has 1 aromatic heterocycles. The Balaban J connectivity index is 1.68. The Morgan fingerprint density at radius 2 is 1.94 bits per heavy atom. The van der Waals surface area contributed by atoms with Crippen LogP contribution in [-0.4, -0.2) is 35.5 Å². The normalized spacial score (nSPS) is 14.4. The molecule has 1 aliphatic carbocycles. The molecule has 3 N–H and O–H groups in total. The van der Waals surface area contributed by atoms with E-state index in [1.807, 2.05) is 0 Å². The number of hydrogen-bond donors (Lipinski definition) is 3. The highest BCUT2D eigenvalue weighted by Crippen LogP contribution is 2.43. The highest BCUT2D eigenvalue weighted by atomic mass is 35.5. The van der Waals surface area contributed by atoms with E-state index in [0.29, 0.717) is 10.9 Å². The molecule has 0 spiro atoms. The van der Waals surface area contributed by atoms with Crippen LogP contribution in [0.4, 0.5) is 4.79 Å². The van der Waals surface area contributed by atoms with E-state index in [-0.39, 0.29) is 49.7 Å². The van der Waals surface area contributed by atoms with E-state index >= 15 is 0 Å². The lowest BCUT2D eigenvalue weighted by molar-refractivity contribution is 0.143. The largest absolute Gasteiger partial charge is 0.512 e. The average molecular weight is 486 g/mol. The molecule has 0 bridgehead atoms. The van der Waals surface area contributed by atoms with Crippen LogP contribution in [0.1, 0.15) is 19.3 Å².